The van der Waals surface area contributed by atoms with Crippen LogP contribution in [0.5, 0.6) is 0 Å². The number of halogens is 1. The van der Waals surface area contributed by atoms with Crippen molar-refractivity contribution in [3.63, 3.8) is 0 Å². The number of thiophene rings is 1. The van der Waals surface area contributed by atoms with Crippen LogP contribution in [-0.2, 0) is 11.2 Å². The number of carbonyl (C=O) groups is 1. The van der Waals surface area contributed by atoms with Gasteiger partial charge in [-0.3, -0.25) is 4.79 Å². The fourth-order valence-electron chi connectivity index (χ4n) is 1.85. The maximum absolute atomic E-state index is 11.7. The van der Waals surface area contributed by atoms with E-state index in [2.05, 4.69) is 16.7 Å². The molecule has 2 rings (SSSR count). The Bertz CT molecular complexity index is 442. The standard InChI is InChI=1S/C13H17ClN2OS/c14-11-7-12(18-9-11)1-2-13(17)16-8-10-3-5-15-6-4-10/h3,7,9,15H,1-2,4-6,8H2,(H,16,17). The molecule has 0 radical (unpaired) electrons. The normalized spacial score (nSPS) is 15.3. The van der Waals surface area contributed by atoms with E-state index in [-0.39, 0.29) is 5.91 Å². The molecule has 0 saturated heterocycles. The molecule has 1 aromatic heterocycles. The van der Waals surface area contributed by atoms with Gasteiger partial charge in [-0.05, 0) is 25.5 Å². The van der Waals surface area contributed by atoms with Crippen molar-refractivity contribution in [3.8, 4) is 0 Å². The number of carbonyl (C=O) groups excluding carboxylic acids is 1. The van der Waals surface area contributed by atoms with Crippen LogP contribution in [0.3, 0.4) is 0 Å². The summed E-state index contributed by atoms with van der Waals surface area (Å²) < 4.78 is 0. The number of nitrogens with one attached hydrogen (secondary N) is 2. The van der Waals surface area contributed by atoms with Gasteiger partial charge in [0.05, 0.1) is 5.02 Å². The van der Waals surface area contributed by atoms with Gasteiger partial charge in [-0.2, -0.15) is 0 Å². The monoisotopic (exact) mass is 284 g/mol. The molecule has 0 spiro atoms. The van der Waals surface area contributed by atoms with E-state index in [1.54, 1.807) is 11.3 Å². The third-order valence-corrected chi connectivity index (χ3v) is 4.23. The zero-order chi connectivity index (χ0) is 12.8. The Morgan fingerprint density at radius 1 is 1.56 bits per heavy atom. The molecular weight excluding hydrogens is 268 g/mol. The van der Waals surface area contributed by atoms with Gasteiger partial charge in [-0.15, -0.1) is 11.3 Å². The molecule has 0 saturated carbocycles. The Hall–Kier alpha value is -0.840. The second-order valence-corrected chi connectivity index (χ2v) is 5.76. The highest BCUT2D eigenvalue weighted by Crippen LogP contribution is 2.20. The summed E-state index contributed by atoms with van der Waals surface area (Å²) in [6.45, 7) is 2.61. The molecule has 0 aromatic carbocycles. The van der Waals surface area contributed by atoms with Crippen LogP contribution in [0.4, 0.5) is 0 Å². The summed E-state index contributed by atoms with van der Waals surface area (Å²) >= 11 is 7.44. The van der Waals surface area contributed by atoms with Gasteiger partial charge in [-0.1, -0.05) is 23.3 Å². The van der Waals surface area contributed by atoms with Gasteiger partial charge in [0.15, 0.2) is 0 Å². The summed E-state index contributed by atoms with van der Waals surface area (Å²) in [5.74, 6) is 0.110. The SMILES string of the molecule is O=C(CCc1cc(Cl)cs1)NCC1=CCNCC1. The molecule has 0 bridgehead atoms. The quantitative estimate of drug-likeness (QED) is 0.815. The molecule has 18 heavy (non-hydrogen) atoms. The van der Waals surface area contributed by atoms with E-state index >= 15 is 0 Å². The highest BCUT2D eigenvalue weighted by molar-refractivity contribution is 7.10. The lowest BCUT2D eigenvalue weighted by Gasteiger charge is -2.14. The van der Waals surface area contributed by atoms with E-state index in [4.69, 9.17) is 11.6 Å². The predicted molar refractivity (Wildman–Crippen MR) is 76.2 cm³/mol. The van der Waals surface area contributed by atoms with E-state index in [9.17, 15) is 4.79 Å². The molecule has 2 heterocycles. The molecule has 3 nitrogen and oxygen atoms in total. The fraction of sp³-hybridized carbons (Fsp3) is 0.462. The van der Waals surface area contributed by atoms with Crippen LogP contribution in [0, 0.1) is 0 Å². The van der Waals surface area contributed by atoms with Crippen molar-refractivity contribution in [1.82, 2.24) is 10.6 Å². The predicted octanol–water partition coefficient (Wildman–Crippen LogP) is 2.37. The Morgan fingerprint density at radius 3 is 3.11 bits per heavy atom. The van der Waals surface area contributed by atoms with Gasteiger partial charge in [-0.25, -0.2) is 0 Å². The molecule has 1 aliphatic heterocycles. The molecule has 0 atom stereocenters. The maximum Gasteiger partial charge on any atom is 0.220 e. The van der Waals surface area contributed by atoms with Gasteiger partial charge in [0.25, 0.3) is 0 Å². The molecule has 1 aromatic rings. The van der Waals surface area contributed by atoms with Crippen molar-refractivity contribution in [1.29, 1.82) is 0 Å². The highest BCUT2D eigenvalue weighted by atomic mass is 35.5. The van der Waals surface area contributed by atoms with Gasteiger partial charge in [0.1, 0.15) is 0 Å². The van der Waals surface area contributed by atoms with E-state index < -0.39 is 0 Å². The zero-order valence-corrected chi connectivity index (χ0v) is 11.7. The Kier molecular flexibility index (Phi) is 5.23. The van der Waals surface area contributed by atoms with E-state index in [0.29, 0.717) is 13.0 Å². The summed E-state index contributed by atoms with van der Waals surface area (Å²) in [7, 11) is 0. The molecule has 0 aliphatic carbocycles. The third-order valence-electron chi connectivity index (χ3n) is 2.89. The van der Waals surface area contributed by atoms with Gasteiger partial charge in [0, 0.05) is 29.8 Å². The van der Waals surface area contributed by atoms with Crippen LogP contribution in [0.25, 0.3) is 0 Å². The largest absolute Gasteiger partial charge is 0.352 e. The lowest BCUT2D eigenvalue weighted by Crippen LogP contribution is -2.29. The first-order valence-electron chi connectivity index (χ1n) is 6.12. The van der Waals surface area contributed by atoms with Crippen LogP contribution in [0.1, 0.15) is 17.7 Å². The molecule has 2 N–H and O–H groups in total. The van der Waals surface area contributed by atoms with Crippen LogP contribution < -0.4 is 10.6 Å². The van der Waals surface area contributed by atoms with Gasteiger partial charge >= 0.3 is 0 Å². The smallest absolute Gasteiger partial charge is 0.220 e. The molecule has 98 valence electrons. The van der Waals surface area contributed by atoms with Crippen LogP contribution >= 0.6 is 22.9 Å². The minimum Gasteiger partial charge on any atom is -0.352 e. The first-order valence-corrected chi connectivity index (χ1v) is 7.38. The van der Waals surface area contributed by atoms with Gasteiger partial charge < -0.3 is 10.6 Å². The second-order valence-electron chi connectivity index (χ2n) is 4.32. The van der Waals surface area contributed by atoms with E-state index in [0.717, 1.165) is 35.8 Å². The topological polar surface area (TPSA) is 41.1 Å². The van der Waals surface area contributed by atoms with Crippen LogP contribution in [0.2, 0.25) is 5.02 Å². The molecule has 5 heteroatoms. The van der Waals surface area contributed by atoms with Crippen LogP contribution in [-0.4, -0.2) is 25.5 Å². The summed E-state index contributed by atoms with van der Waals surface area (Å²) in [5, 5.41) is 8.87. The van der Waals surface area contributed by atoms with Crippen molar-refractivity contribution in [2.75, 3.05) is 19.6 Å². The van der Waals surface area contributed by atoms with Gasteiger partial charge in [0.2, 0.25) is 5.91 Å². The number of amides is 1. The first kappa shape index (κ1) is 13.6. The fourth-order valence-corrected chi connectivity index (χ4v) is 2.93. The number of rotatable bonds is 5. The summed E-state index contributed by atoms with van der Waals surface area (Å²) in [6, 6.07) is 1.93. The van der Waals surface area contributed by atoms with Crippen molar-refractivity contribution in [2.24, 2.45) is 0 Å². The van der Waals surface area contributed by atoms with Crippen molar-refractivity contribution >= 4 is 28.8 Å². The van der Waals surface area contributed by atoms with Crippen molar-refractivity contribution in [3.05, 3.63) is 33.0 Å². The molecule has 0 unspecified atom stereocenters. The Morgan fingerprint density at radius 2 is 2.44 bits per heavy atom. The number of hydrogen-bond donors (Lipinski definition) is 2. The minimum atomic E-state index is 0.110. The second kappa shape index (κ2) is 6.92. The van der Waals surface area contributed by atoms with Crippen molar-refractivity contribution < 1.29 is 4.79 Å². The lowest BCUT2D eigenvalue weighted by molar-refractivity contribution is -0.120. The minimum absolute atomic E-state index is 0.110. The average molecular weight is 285 g/mol. The first-order chi connectivity index (χ1) is 8.74. The Labute approximate surface area is 116 Å². The average Bonchev–Trinajstić information content (AvgIpc) is 2.81. The van der Waals surface area contributed by atoms with Crippen LogP contribution in [0.15, 0.2) is 23.1 Å². The number of hydrogen-bond acceptors (Lipinski definition) is 3. The summed E-state index contributed by atoms with van der Waals surface area (Å²) in [6.07, 6.45) is 4.48. The molecule has 1 aliphatic rings. The van der Waals surface area contributed by atoms with E-state index in [1.165, 1.54) is 5.57 Å². The highest BCUT2D eigenvalue weighted by Gasteiger charge is 2.06. The maximum atomic E-state index is 11.7. The third kappa shape index (κ3) is 4.44. The summed E-state index contributed by atoms with van der Waals surface area (Å²) in [5.41, 5.74) is 1.32. The molecular formula is C13H17ClN2OS. The zero-order valence-electron chi connectivity index (χ0n) is 10.2. The Balaban J connectivity index is 1.67. The number of aryl methyl sites for hydroxylation is 1. The molecule has 1 amide bonds. The summed E-state index contributed by atoms with van der Waals surface area (Å²) in [4.78, 5) is 12.8. The van der Waals surface area contributed by atoms with E-state index in [1.807, 2.05) is 11.4 Å². The van der Waals surface area contributed by atoms with Crippen molar-refractivity contribution in [2.45, 2.75) is 19.3 Å². The lowest BCUT2D eigenvalue weighted by atomic mass is 10.1. The molecule has 0 fully saturated rings.